The predicted molar refractivity (Wildman–Crippen MR) is 128 cm³/mol. The number of carbonyl (C=O) groups excluding carboxylic acids is 2. The molecule has 7 N–H and O–H groups in total. The molecule has 1 atom stereocenters. The van der Waals surface area contributed by atoms with E-state index in [-0.39, 0.29) is 18.9 Å². The zero-order valence-corrected chi connectivity index (χ0v) is 18.6. The fraction of sp³-hybridized carbons (Fsp3) is 0.200. The van der Waals surface area contributed by atoms with Gasteiger partial charge in [-0.05, 0) is 47.0 Å². The van der Waals surface area contributed by atoms with Gasteiger partial charge in [0.15, 0.2) is 0 Å². The Morgan fingerprint density at radius 3 is 2.47 bits per heavy atom. The highest BCUT2D eigenvalue weighted by molar-refractivity contribution is 5.94. The summed E-state index contributed by atoms with van der Waals surface area (Å²) >= 11 is 0. The standard InChI is InChI=1S/C25H28FN5O3/c26-21-9-7-19(8-10-21)25(33)29-12-11-22(27)16-31(28)23(15-24(32)30-34)14-17-5-6-18-3-1-2-4-20(18)13-17/h1-10,13,16,23,34H,11-12,14-15,27-28H2,(H,29,33)(H,30,32)/b22-16-. The van der Waals surface area contributed by atoms with E-state index in [9.17, 15) is 14.0 Å². The number of hydrogen-bond acceptors (Lipinski definition) is 6. The van der Waals surface area contributed by atoms with Gasteiger partial charge in [0, 0.05) is 30.4 Å². The zero-order chi connectivity index (χ0) is 24.5. The summed E-state index contributed by atoms with van der Waals surface area (Å²) in [5, 5.41) is 15.2. The lowest BCUT2D eigenvalue weighted by atomic mass is 9.99. The Hall–Kier alpha value is -3.95. The molecule has 178 valence electrons. The van der Waals surface area contributed by atoms with E-state index in [0.717, 1.165) is 16.3 Å². The predicted octanol–water partition coefficient (Wildman–Crippen LogP) is 2.58. The van der Waals surface area contributed by atoms with E-state index in [4.69, 9.17) is 16.8 Å². The van der Waals surface area contributed by atoms with Crippen molar-refractivity contribution in [1.82, 2.24) is 15.8 Å². The van der Waals surface area contributed by atoms with Crippen LogP contribution in [0.3, 0.4) is 0 Å². The smallest absolute Gasteiger partial charge is 0.251 e. The van der Waals surface area contributed by atoms with Gasteiger partial charge in [-0.3, -0.25) is 14.8 Å². The number of rotatable bonds is 10. The summed E-state index contributed by atoms with van der Waals surface area (Å²) in [6, 6.07) is 18.7. The van der Waals surface area contributed by atoms with Gasteiger partial charge in [-0.2, -0.15) is 0 Å². The molecule has 0 aromatic heterocycles. The maximum Gasteiger partial charge on any atom is 0.251 e. The van der Waals surface area contributed by atoms with Crippen LogP contribution in [-0.4, -0.2) is 34.6 Å². The van der Waals surface area contributed by atoms with Crippen LogP contribution in [-0.2, 0) is 11.2 Å². The molecule has 0 aliphatic heterocycles. The van der Waals surface area contributed by atoms with Crippen molar-refractivity contribution in [2.75, 3.05) is 6.54 Å². The van der Waals surface area contributed by atoms with Crippen LogP contribution in [0.15, 0.2) is 78.6 Å². The van der Waals surface area contributed by atoms with Crippen molar-refractivity contribution < 1.29 is 19.2 Å². The molecule has 3 aromatic carbocycles. The third kappa shape index (κ3) is 7.03. The minimum atomic E-state index is -0.570. The van der Waals surface area contributed by atoms with Crippen LogP contribution in [0, 0.1) is 5.82 Å². The Bertz CT molecular complexity index is 1170. The topological polar surface area (TPSA) is 134 Å². The molecule has 3 rings (SSSR count). The number of nitrogens with zero attached hydrogens (tertiary/aromatic N) is 1. The SMILES string of the molecule is N/C(=C\N(N)C(CC(=O)NO)Cc1ccc2ccccc2c1)CCNC(=O)c1ccc(F)cc1. The molecule has 9 heteroatoms. The zero-order valence-electron chi connectivity index (χ0n) is 18.6. The molecule has 0 radical (unpaired) electrons. The third-order valence-corrected chi connectivity index (χ3v) is 5.37. The Kier molecular flexibility index (Phi) is 8.55. The van der Waals surface area contributed by atoms with Gasteiger partial charge < -0.3 is 16.1 Å². The minimum Gasteiger partial charge on any atom is -0.401 e. The van der Waals surface area contributed by atoms with Crippen molar-refractivity contribution in [3.05, 3.63) is 95.6 Å². The minimum absolute atomic E-state index is 0.0507. The fourth-order valence-electron chi connectivity index (χ4n) is 3.57. The van der Waals surface area contributed by atoms with Crippen LogP contribution in [0.1, 0.15) is 28.8 Å². The average molecular weight is 466 g/mol. The summed E-state index contributed by atoms with van der Waals surface area (Å²) in [7, 11) is 0. The number of halogens is 1. The van der Waals surface area contributed by atoms with Crippen LogP contribution in [0.4, 0.5) is 4.39 Å². The molecular weight excluding hydrogens is 437 g/mol. The molecule has 2 amide bonds. The maximum absolute atomic E-state index is 13.0. The molecule has 0 aliphatic rings. The molecule has 3 aromatic rings. The number of hydroxylamine groups is 1. The monoisotopic (exact) mass is 465 g/mol. The first kappa shape index (κ1) is 24.7. The Morgan fingerprint density at radius 2 is 1.76 bits per heavy atom. The molecule has 0 aliphatic carbocycles. The Labute approximate surface area is 197 Å². The lowest BCUT2D eigenvalue weighted by molar-refractivity contribution is -0.130. The summed E-state index contributed by atoms with van der Waals surface area (Å²) in [5.41, 5.74) is 9.43. The lowest BCUT2D eigenvalue weighted by Gasteiger charge is -2.26. The molecule has 0 fully saturated rings. The van der Waals surface area contributed by atoms with Crippen LogP contribution in [0.5, 0.6) is 0 Å². The van der Waals surface area contributed by atoms with Crippen molar-refractivity contribution in [3.63, 3.8) is 0 Å². The van der Waals surface area contributed by atoms with Gasteiger partial charge in [0.1, 0.15) is 5.82 Å². The highest BCUT2D eigenvalue weighted by Gasteiger charge is 2.19. The Balaban J connectivity index is 1.62. The summed E-state index contributed by atoms with van der Waals surface area (Å²) in [5.74, 6) is 4.88. The summed E-state index contributed by atoms with van der Waals surface area (Å²) < 4.78 is 13.0. The quantitative estimate of drug-likeness (QED) is 0.178. The molecule has 0 saturated carbocycles. The maximum atomic E-state index is 13.0. The van der Waals surface area contributed by atoms with Crippen molar-refractivity contribution >= 4 is 22.6 Å². The van der Waals surface area contributed by atoms with Gasteiger partial charge in [-0.1, -0.05) is 42.5 Å². The van der Waals surface area contributed by atoms with E-state index in [1.807, 2.05) is 42.5 Å². The number of hydrogen-bond donors (Lipinski definition) is 5. The molecule has 34 heavy (non-hydrogen) atoms. The van der Waals surface area contributed by atoms with Gasteiger partial charge >= 0.3 is 0 Å². The normalized spacial score (nSPS) is 12.3. The van der Waals surface area contributed by atoms with E-state index in [0.29, 0.717) is 24.1 Å². The average Bonchev–Trinajstić information content (AvgIpc) is 2.83. The van der Waals surface area contributed by atoms with Crippen LogP contribution in [0.2, 0.25) is 0 Å². The van der Waals surface area contributed by atoms with Crippen molar-refractivity contribution in [1.29, 1.82) is 0 Å². The van der Waals surface area contributed by atoms with Gasteiger partial charge in [-0.25, -0.2) is 15.7 Å². The molecule has 0 bridgehead atoms. The number of fused-ring (bicyclic) bond motifs is 1. The van der Waals surface area contributed by atoms with Crippen molar-refractivity contribution in [3.8, 4) is 0 Å². The van der Waals surface area contributed by atoms with Gasteiger partial charge in [0.2, 0.25) is 5.91 Å². The fourth-order valence-corrected chi connectivity index (χ4v) is 3.57. The summed E-state index contributed by atoms with van der Waals surface area (Å²) in [6.07, 6.45) is 2.22. The van der Waals surface area contributed by atoms with E-state index in [1.54, 1.807) is 5.48 Å². The molecule has 0 spiro atoms. The first-order valence-corrected chi connectivity index (χ1v) is 10.8. The molecule has 1 unspecified atom stereocenters. The van der Waals surface area contributed by atoms with E-state index >= 15 is 0 Å². The third-order valence-electron chi connectivity index (χ3n) is 5.37. The Morgan fingerprint density at radius 1 is 1.06 bits per heavy atom. The van der Waals surface area contributed by atoms with Gasteiger partial charge in [0.25, 0.3) is 5.91 Å². The first-order chi connectivity index (χ1) is 16.4. The van der Waals surface area contributed by atoms with Crippen molar-refractivity contribution in [2.24, 2.45) is 11.6 Å². The summed E-state index contributed by atoms with van der Waals surface area (Å²) in [4.78, 5) is 24.0. The van der Waals surface area contributed by atoms with Crippen LogP contribution < -0.4 is 22.4 Å². The van der Waals surface area contributed by atoms with Crippen molar-refractivity contribution in [2.45, 2.75) is 25.3 Å². The number of nitrogens with two attached hydrogens (primary N) is 2. The second-order valence-electron chi connectivity index (χ2n) is 7.94. The van der Waals surface area contributed by atoms with Gasteiger partial charge in [0.05, 0.1) is 12.5 Å². The molecule has 0 saturated heterocycles. The largest absolute Gasteiger partial charge is 0.401 e. The van der Waals surface area contributed by atoms with Crippen LogP contribution in [0.25, 0.3) is 10.8 Å². The van der Waals surface area contributed by atoms with E-state index in [2.05, 4.69) is 5.32 Å². The number of benzene rings is 3. The van der Waals surface area contributed by atoms with E-state index < -0.39 is 17.8 Å². The number of carbonyl (C=O) groups is 2. The van der Waals surface area contributed by atoms with Crippen LogP contribution >= 0.6 is 0 Å². The highest BCUT2D eigenvalue weighted by Crippen LogP contribution is 2.19. The van der Waals surface area contributed by atoms with Gasteiger partial charge in [-0.15, -0.1) is 0 Å². The first-order valence-electron chi connectivity index (χ1n) is 10.8. The lowest BCUT2D eigenvalue weighted by Crippen LogP contribution is -2.42. The number of hydrazine groups is 1. The highest BCUT2D eigenvalue weighted by atomic mass is 19.1. The second-order valence-corrected chi connectivity index (χ2v) is 7.94. The number of nitrogens with one attached hydrogen (secondary N) is 2. The molecule has 0 heterocycles. The molecule has 8 nitrogen and oxygen atoms in total. The summed E-state index contributed by atoms with van der Waals surface area (Å²) in [6.45, 7) is 0.249. The van der Waals surface area contributed by atoms with E-state index in [1.165, 1.54) is 35.5 Å². The number of amides is 2. The molecular formula is C25H28FN5O3. The second kappa shape index (κ2) is 11.8.